The van der Waals surface area contributed by atoms with Gasteiger partial charge in [-0.3, -0.25) is 0 Å². The standard InChI is InChI=1S/C52H29BN2SSi/c1-2-14-31-28-40-37(27-30(31)13-1)34-18-11-19-36-49-48-35-17-3-7-22-42(35)56-43(48)29-41-50(49)53(55(40)51(34)36)38-20-12-26-47-52(38)54(41)39-21-6-10-25-46(39)57(47)44-23-8-4-15-32(44)33-16-5-9-24-45(33)57/h1-29H. The van der Waals surface area contributed by atoms with Gasteiger partial charge in [0.2, 0.25) is 0 Å². The topological polar surface area (TPSA) is 8.17 Å². The van der Waals surface area contributed by atoms with Gasteiger partial charge in [0, 0.05) is 64.6 Å². The van der Waals surface area contributed by atoms with Crippen LogP contribution in [0.4, 0.5) is 17.1 Å². The molecular weight excluding hydrogens is 724 g/mol. The first-order chi connectivity index (χ1) is 28.3. The highest BCUT2D eigenvalue weighted by Gasteiger charge is 2.56. The summed E-state index contributed by atoms with van der Waals surface area (Å²) in [7, 11) is -2.75. The molecule has 0 aliphatic carbocycles. The van der Waals surface area contributed by atoms with Crippen molar-refractivity contribution in [2.45, 2.75) is 0 Å². The zero-order valence-electron chi connectivity index (χ0n) is 30.6. The molecule has 2 nitrogen and oxygen atoms in total. The molecule has 0 atom stereocenters. The molecule has 0 saturated carbocycles. The minimum atomic E-state index is -2.75. The first kappa shape index (κ1) is 29.6. The van der Waals surface area contributed by atoms with Crippen molar-refractivity contribution in [3.63, 3.8) is 0 Å². The molecule has 6 heterocycles. The van der Waals surface area contributed by atoms with Crippen molar-refractivity contribution >= 4 is 128 Å². The number of benzene rings is 9. The van der Waals surface area contributed by atoms with E-state index >= 15 is 0 Å². The number of hydrogen-bond donors (Lipinski definition) is 0. The van der Waals surface area contributed by atoms with Gasteiger partial charge in [-0.25, -0.2) is 0 Å². The van der Waals surface area contributed by atoms with Gasteiger partial charge in [0.1, 0.15) is 0 Å². The maximum atomic E-state index is 2.75. The number of anilines is 3. The molecule has 4 aliphatic rings. The predicted octanol–water partition coefficient (Wildman–Crippen LogP) is 9.40. The highest BCUT2D eigenvalue weighted by Crippen LogP contribution is 2.51. The van der Waals surface area contributed by atoms with Crippen LogP contribution < -0.4 is 36.6 Å². The van der Waals surface area contributed by atoms with Crippen LogP contribution in [0.5, 0.6) is 0 Å². The average Bonchev–Trinajstić information content (AvgIpc) is 3.90. The smallest absolute Gasteiger partial charge is 0.333 e. The number of hydrogen-bond acceptors (Lipinski definition) is 2. The van der Waals surface area contributed by atoms with Gasteiger partial charge in [-0.2, -0.15) is 0 Å². The summed E-state index contributed by atoms with van der Waals surface area (Å²) in [5, 5.41) is 14.0. The maximum absolute atomic E-state index is 2.75. The van der Waals surface area contributed by atoms with E-state index in [2.05, 4.69) is 185 Å². The molecule has 0 fully saturated rings. The zero-order chi connectivity index (χ0) is 36.7. The molecule has 57 heavy (non-hydrogen) atoms. The van der Waals surface area contributed by atoms with Crippen molar-refractivity contribution in [3.05, 3.63) is 176 Å². The lowest BCUT2D eigenvalue weighted by atomic mass is 9.45. The Morgan fingerprint density at radius 2 is 1.12 bits per heavy atom. The van der Waals surface area contributed by atoms with Gasteiger partial charge in [0.05, 0.1) is 0 Å². The third-order valence-electron chi connectivity index (χ3n) is 13.9. The molecule has 0 unspecified atom stereocenters. The summed E-state index contributed by atoms with van der Waals surface area (Å²) >= 11 is 1.94. The molecule has 11 aromatic rings. The first-order valence-electron chi connectivity index (χ1n) is 20.0. The molecule has 5 heteroatoms. The molecule has 2 aromatic heterocycles. The monoisotopic (exact) mass is 752 g/mol. The fourth-order valence-electron chi connectivity index (χ4n) is 12.0. The summed E-state index contributed by atoms with van der Waals surface area (Å²) < 4.78 is 5.44. The zero-order valence-corrected chi connectivity index (χ0v) is 32.4. The molecule has 0 radical (unpaired) electrons. The summed E-state index contributed by atoms with van der Waals surface area (Å²) in [6.07, 6.45) is 0. The lowest BCUT2D eigenvalue weighted by Crippen LogP contribution is -2.77. The van der Waals surface area contributed by atoms with Gasteiger partial charge < -0.3 is 9.38 Å². The molecule has 4 aliphatic heterocycles. The van der Waals surface area contributed by atoms with Crippen molar-refractivity contribution in [2.24, 2.45) is 0 Å². The van der Waals surface area contributed by atoms with Crippen molar-refractivity contribution in [1.82, 2.24) is 4.48 Å². The minimum absolute atomic E-state index is 0.0106. The molecule has 1 spiro atoms. The molecule has 9 aromatic carbocycles. The van der Waals surface area contributed by atoms with E-state index in [1.807, 2.05) is 11.3 Å². The van der Waals surface area contributed by atoms with Crippen molar-refractivity contribution < 1.29 is 0 Å². The van der Waals surface area contributed by atoms with Crippen molar-refractivity contribution in [2.75, 3.05) is 4.90 Å². The van der Waals surface area contributed by atoms with E-state index in [1.165, 1.54) is 124 Å². The van der Waals surface area contributed by atoms with Gasteiger partial charge in [-0.1, -0.05) is 146 Å². The van der Waals surface area contributed by atoms with Crippen LogP contribution in [0.15, 0.2) is 176 Å². The van der Waals surface area contributed by atoms with Crippen LogP contribution in [0.1, 0.15) is 0 Å². The van der Waals surface area contributed by atoms with E-state index in [0.29, 0.717) is 0 Å². The lowest BCUT2D eigenvalue weighted by Gasteiger charge is -2.49. The average molecular weight is 753 g/mol. The van der Waals surface area contributed by atoms with Gasteiger partial charge in [-0.15, -0.1) is 11.3 Å². The summed E-state index contributed by atoms with van der Waals surface area (Å²) in [4.78, 5) is 2.70. The molecule has 0 bridgehead atoms. The molecule has 260 valence electrons. The van der Waals surface area contributed by atoms with E-state index in [1.54, 1.807) is 0 Å². The van der Waals surface area contributed by atoms with Gasteiger partial charge >= 0.3 is 6.85 Å². The van der Waals surface area contributed by atoms with E-state index in [0.717, 1.165) is 0 Å². The highest BCUT2D eigenvalue weighted by atomic mass is 32.1. The lowest BCUT2D eigenvalue weighted by molar-refractivity contribution is 1.27. The van der Waals surface area contributed by atoms with Crippen LogP contribution in [0.25, 0.3) is 75.0 Å². The van der Waals surface area contributed by atoms with Gasteiger partial charge in [-0.05, 0) is 89.5 Å². The molecule has 0 amide bonds. The van der Waals surface area contributed by atoms with Crippen LogP contribution in [-0.2, 0) is 0 Å². The summed E-state index contributed by atoms with van der Waals surface area (Å²) in [6, 6.07) is 67.9. The van der Waals surface area contributed by atoms with Crippen molar-refractivity contribution in [3.8, 4) is 22.3 Å². The second-order valence-corrected chi connectivity index (χ2v) is 21.0. The second-order valence-electron chi connectivity index (χ2n) is 16.3. The van der Waals surface area contributed by atoms with Crippen LogP contribution in [-0.4, -0.2) is 19.4 Å². The SMILES string of the molecule is c1ccc2c(c1)-c1ccccc1[Si]21c2ccccc2N2c3cc4sc5ccccc5c4c4c3B(c3cccc1c32)n1c2cc3ccccc3cc2c2cccc-4c21. The third-order valence-corrected chi connectivity index (χ3v) is 20.0. The van der Waals surface area contributed by atoms with E-state index in [9.17, 15) is 0 Å². The van der Waals surface area contributed by atoms with Crippen LogP contribution in [0.2, 0.25) is 0 Å². The minimum Gasteiger partial charge on any atom is -0.375 e. The molecule has 0 N–H and O–H groups in total. The third kappa shape index (κ3) is 3.25. The number of thiophene rings is 1. The van der Waals surface area contributed by atoms with Crippen LogP contribution in [0, 0.1) is 0 Å². The Balaban J connectivity index is 1.18. The molecular formula is C52H29BN2SSi. The van der Waals surface area contributed by atoms with Crippen molar-refractivity contribution in [1.29, 1.82) is 0 Å². The number of rotatable bonds is 0. The fourth-order valence-corrected chi connectivity index (χ4v) is 18.7. The Kier molecular flexibility index (Phi) is 5.20. The number of para-hydroxylation sites is 3. The van der Waals surface area contributed by atoms with Crippen LogP contribution in [0.3, 0.4) is 0 Å². The van der Waals surface area contributed by atoms with E-state index in [-0.39, 0.29) is 6.85 Å². The number of nitrogens with zero attached hydrogens (tertiary/aromatic N) is 2. The quantitative estimate of drug-likeness (QED) is 0.140. The Morgan fingerprint density at radius 1 is 0.474 bits per heavy atom. The predicted molar refractivity (Wildman–Crippen MR) is 247 cm³/mol. The van der Waals surface area contributed by atoms with Gasteiger partial charge in [0.15, 0.2) is 8.07 Å². The molecule has 0 saturated heterocycles. The first-order valence-corrected chi connectivity index (χ1v) is 22.8. The van der Waals surface area contributed by atoms with Gasteiger partial charge in [0.25, 0.3) is 0 Å². The Morgan fingerprint density at radius 3 is 1.96 bits per heavy atom. The van der Waals surface area contributed by atoms with Crippen LogP contribution >= 0.6 is 11.3 Å². The Hall–Kier alpha value is -6.66. The normalized spacial score (nSPS) is 14.7. The summed E-state index contributed by atoms with van der Waals surface area (Å²) in [5.41, 5.74) is 15.0. The second kappa shape index (κ2) is 10.0. The fraction of sp³-hybridized carbons (Fsp3) is 0. The highest BCUT2D eigenvalue weighted by molar-refractivity contribution is 7.26. The number of aromatic nitrogens is 1. The largest absolute Gasteiger partial charge is 0.375 e. The molecule has 15 rings (SSSR count). The Bertz CT molecular complexity index is 3640. The summed E-state index contributed by atoms with van der Waals surface area (Å²) in [5.74, 6) is 0. The van der Waals surface area contributed by atoms with E-state index in [4.69, 9.17) is 0 Å². The maximum Gasteiger partial charge on any atom is 0.333 e. The summed E-state index contributed by atoms with van der Waals surface area (Å²) in [6.45, 7) is -0.0106. The Labute approximate surface area is 333 Å². The number of fused-ring (bicyclic) bond motifs is 21. The van der Waals surface area contributed by atoms with E-state index < -0.39 is 8.07 Å².